The summed E-state index contributed by atoms with van der Waals surface area (Å²) in [5.74, 6) is 0. The van der Waals surface area contributed by atoms with E-state index in [0.29, 0.717) is 6.54 Å². The minimum Gasteiger partial charge on any atom is -0.303 e. The normalized spacial score (nSPS) is 12.5. The quantitative estimate of drug-likeness (QED) is 0.757. The van der Waals surface area contributed by atoms with Gasteiger partial charge in [-0.15, -0.1) is 0 Å². The summed E-state index contributed by atoms with van der Waals surface area (Å²) in [6, 6.07) is 12.4. The fraction of sp³-hybridized carbons (Fsp3) is 0.312. The molecule has 0 saturated heterocycles. The molecule has 22 heavy (non-hydrogen) atoms. The monoisotopic (exact) mass is 297 g/mol. The summed E-state index contributed by atoms with van der Waals surface area (Å²) in [4.78, 5) is 0. The highest BCUT2D eigenvalue weighted by Crippen LogP contribution is 2.13. The lowest BCUT2D eigenvalue weighted by Crippen LogP contribution is -2.19. The first-order valence-electron chi connectivity index (χ1n) is 7.31. The van der Waals surface area contributed by atoms with Crippen LogP contribution in [0.4, 0.5) is 0 Å². The predicted molar refractivity (Wildman–Crippen MR) is 82.1 cm³/mol. The molecule has 0 saturated carbocycles. The van der Waals surface area contributed by atoms with E-state index in [9.17, 15) is 0 Å². The summed E-state index contributed by atoms with van der Waals surface area (Å²) in [6.45, 7) is 5.38. The van der Waals surface area contributed by atoms with Crippen LogP contribution in [0, 0.1) is 6.92 Å². The van der Waals surface area contributed by atoms with Gasteiger partial charge in [-0.05, 0) is 25.5 Å². The van der Waals surface area contributed by atoms with E-state index in [1.165, 1.54) is 5.56 Å². The molecule has 6 nitrogen and oxygen atoms in total. The highest BCUT2D eigenvalue weighted by molar-refractivity contribution is 5.15. The van der Waals surface area contributed by atoms with Gasteiger partial charge >= 0.3 is 0 Å². The summed E-state index contributed by atoms with van der Waals surface area (Å²) < 4.78 is 6.67. The van der Waals surface area contributed by atoms with Crippen molar-refractivity contribution in [3.63, 3.8) is 0 Å². The molecule has 3 aromatic rings. The molecule has 0 amide bonds. The Hall–Kier alpha value is -2.47. The number of benzene rings is 1. The zero-order valence-corrected chi connectivity index (χ0v) is 12.7. The van der Waals surface area contributed by atoms with E-state index in [0.717, 1.165) is 23.6 Å². The van der Waals surface area contributed by atoms with Crippen LogP contribution in [-0.2, 0) is 13.1 Å². The Labute approximate surface area is 129 Å². The summed E-state index contributed by atoms with van der Waals surface area (Å²) in [5, 5.41) is 15.7. The Morgan fingerprint density at radius 2 is 2.00 bits per heavy atom. The zero-order valence-electron chi connectivity index (χ0n) is 12.7. The van der Waals surface area contributed by atoms with Crippen molar-refractivity contribution in [3.05, 3.63) is 65.2 Å². The molecule has 1 unspecified atom stereocenters. The second kappa shape index (κ2) is 6.53. The minimum atomic E-state index is 0.0746. The van der Waals surface area contributed by atoms with Crippen molar-refractivity contribution in [2.24, 2.45) is 0 Å². The van der Waals surface area contributed by atoms with Crippen LogP contribution < -0.4 is 5.32 Å². The Bertz CT molecular complexity index is 719. The molecule has 0 aliphatic heterocycles. The highest BCUT2D eigenvalue weighted by Gasteiger charge is 2.13. The van der Waals surface area contributed by atoms with Crippen molar-refractivity contribution in [2.75, 3.05) is 0 Å². The third-order valence-electron chi connectivity index (χ3n) is 3.57. The summed E-state index contributed by atoms with van der Waals surface area (Å²) in [6.07, 6.45) is 2.00. The molecule has 3 rings (SSSR count). The van der Waals surface area contributed by atoms with Crippen LogP contribution >= 0.6 is 0 Å². The van der Waals surface area contributed by atoms with Gasteiger partial charge in [0, 0.05) is 12.7 Å². The Morgan fingerprint density at radius 1 is 1.18 bits per heavy atom. The van der Waals surface area contributed by atoms with Crippen molar-refractivity contribution in [2.45, 2.75) is 33.0 Å². The largest absolute Gasteiger partial charge is 0.303 e. The number of hydrogen-bond acceptors (Lipinski definition) is 5. The molecular weight excluding hydrogens is 278 g/mol. The van der Waals surface area contributed by atoms with Gasteiger partial charge in [0.25, 0.3) is 0 Å². The standard InChI is InChI=1S/C16H19N5O/c1-12(16-13(2)19-22-20-16)17-10-15-8-9-21(18-15)11-14-6-4-3-5-7-14/h3-9,12,17H,10-11H2,1-2H3. The van der Waals surface area contributed by atoms with E-state index in [1.54, 1.807) is 0 Å². The molecule has 0 aliphatic carbocycles. The number of hydrogen-bond donors (Lipinski definition) is 1. The lowest BCUT2D eigenvalue weighted by atomic mass is 10.2. The van der Waals surface area contributed by atoms with Gasteiger partial charge in [0.05, 0.1) is 18.3 Å². The predicted octanol–water partition coefficient (Wildman–Crippen LogP) is 2.47. The van der Waals surface area contributed by atoms with Gasteiger partial charge in [0.1, 0.15) is 11.4 Å². The lowest BCUT2D eigenvalue weighted by molar-refractivity contribution is 0.297. The van der Waals surface area contributed by atoms with Crippen LogP contribution in [-0.4, -0.2) is 20.1 Å². The van der Waals surface area contributed by atoms with E-state index in [4.69, 9.17) is 4.63 Å². The molecule has 0 bridgehead atoms. The Morgan fingerprint density at radius 3 is 2.73 bits per heavy atom. The number of nitrogens with one attached hydrogen (secondary N) is 1. The first-order chi connectivity index (χ1) is 10.7. The van der Waals surface area contributed by atoms with Gasteiger partial charge in [-0.25, -0.2) is 4.63 Å². The molecule has 0 fully saturated rings. The number of rotatable bonds is 6. The maximum Gasteiger partial charge on any atom is 0.124 e. The molecule has 2 heterocycles. The van der Waals surface area contributed by atoms with Crippen molar-refractivity contribution < 1.29 is 4.63 Å². The average Bonchev–Trinajstić information content (AvgIpc) is 3.15. The number of aryl methyl sites for hydroxylation is 1. The summed E-state index contributed by atoms with van der Waals surface area (Å²) in [7, 11) is 0. The number of aromatic nitrogens is 4. The fourth-order valence-corrected chi connectivity index (χ4v) is 2.34. The summed E-state index contributed by atoms with van der Waals surface area (Å²) in [5.41, 5.74) is 3.89. The van der Waals surface area contributed by atoms with Crippen molar-refractivity contribution in [1.82, 2.24) is 25.4 Å². The minimum absolute atomic E-state index is 0.0746. The van der Waals surface area contributed by atoms with E-state index < -0.39 is 0 Å². The third-order valence-corrected chi connectivity index (χ3v) is 3.57. The van der Waals surface area contributed by atoms with Crippen LogP contribution in [0.5, 0.6) is 0 Å². The molecule has 0 spiro atoms. The van der Waals surface area contributed by atoms with Crippen LogP contribution in [0.2, 0.25) is 0 Å². The zero-order chi connectivity index (χ0) is 15.4. The highest BCUT2D eigenvalue weighted by atomic mass is 16.6. The Balaban J connectivity index is 1.57. The molecule has 6 heteroatoms. The van der Waals surface area contributed by atoms with E-state index in [2.05, 4.69) is 32.9 Å². The van der Waals surface area contributed by atoms with Gasteiger partial charge in [-0.1, -0.05) is 40.6 Å². The van der Waals surface area contributed by atoms with Gasteiger partial charge in [-0.2, -0.15) is 5.10 Å². The van der Waals surface area contributed by atoms with Crippen molar-refractivity contribution >= 4 is 0 Å². The number of nitrogens with zero attached hydrogens (tertiary/aromatic N) is 4. The maximum atomic E-state index is 4.73. The van der Waals surface area contributed by atoms with Crippen molar-refractivity contribution in [3.8, 4) is 0 Å². The van der Waals surface area contributed by atoms with Gasteiger partial charge < -0.3 is 5.32 Å². The maximum absolute atomic E-state index is 4.73. The molecule has 0 radical (unpaired) electrons. The first-order valence-corrected chi connectivity index (χ1v) is 7.31. The molecule has 1 N–H and O–H groups in total. The third kappa shape index (κ3) is 3.40. The molecular formula is C16H19N5O. The summed E-state index contributed by atoms with van der Waals surface area (Å²) >= 11 is 0. The second-order valence-corrected chi connectivity index (χ2v) is 5.33. The van der Waals surface area contributed by atoms with Gasteiger partial charge in [-0.3, -0.25) is 4.68 Å². The molecule has 2 aromatic heterocycles. The first kappa shape index (κ1) is 14.5. The van der Waals surface area contributed by atoms with E-state index in [1.807, 2.05) is 49.0 Å². The van der Waals surface area contributed by atoms with Crippen LogP contribution in [0.15, 0.2) is 47.2 Å². The molecule has 1 aromatic carbocycles. The smallest absolute Gasteiger partial charge is 0.124 e. The Kier molecular flexibility index (Phi) is 4.29. The van der Waals surface area contributed by atoms with Crippen LogP contribution in [0.3, 0.4) is 0 Å². The van der Waals surface area contributed by atoms with E-state index in [-0.39, 0.29) is 6.04 Å². The molecule has 1 atom stereocenters. The molecule has 114 valence electrons. The van der Waals surface area contributed by atoms with Crippen LogP contribution in [0.1, 0.15) is 35.6 Å². The van der Waals surface area contributed by atoms with Gasteiger partial charge in [0.2, 0.25) is 0 Å². The SMILES string of the molecule is Cc1nonc1C(C)NCc1ccn(Cc2ccccc2)n1. The fourth-order valence-electron chi connectivity index (χ4n) is 2.34. The van der Waals surface area contributed by atoms with Gasteiger partial charge in [0.15, 0.2) is 0 Å². The van der Waals surface area contributed by atoms with Crippen molar-refractivity contribution in [1.29, 1.82) is 0 Å². The van der Waals surface area contributed by atoms with E-state index >= 15 is 0 Å². The topological polar surface area (TPSA) is 68.8 Å². The second-order valence-electron chi connectivity index (χ2n) is 5.33. The van der Waals surface area contributed by atoms with Crippen LogP contribution in [0.25, 0.3) is 0 Å². The average molecular weight is 297 g/mol. The molecule has 0 aliphatic rings. The lowest BCUT2D eigenvalue weighted by Gasteiger charge is -2.09.